The SMILES string of the molecule is COCCN=c1scc(-c2cccs2)n1N=Cc1c(O)ccc2ccccc12. The molecule has 0 radical (unpaired) electrons. The number of phenols is 1. The average Bonchev–Trinajstić information content (AvgIpc) is 3.37. The van der Waals surface area contributed by atoms with Crippen LogP contribution in [0.25, 0.3) is 21.3 Å². The van der Waals surface area contributed by atoms with Crippen molar-refractivity contribution in [3.63, 3.8) is 0 Å². The first-order valence-corrected chi connectivity index (χ1v) is 10.5. The van der Waals surface area contributed by atoms with Gasteiger partial charge in [0.15, 0.2) is 0 Å². The van der Waals surface area contributed by atoms with Gasteiger partial charge in [-0.25, -0.2) is 4.68 Å². The third-order valence-corrected chi connectivity index (χ3v) is 6.00. The zero-order valence-electron chi connectivity index (χ0n) is 15.3. The molecule has 2 aromatic heterocycles. The summed E-state index contributed by atoms with van der Waals surface area (Å²) in [5.74, 6) is 0.203. The largest absolute Gasteiger partial charge is 0.507 e. The summed E-state index contributed by atoms with van der Waals surface area (Å²) in [4.78, 5) is 6.51. The van der Waals surface area contributed by atoms with Crippen molar-refractivity contribution in [1.82, 2.24) is 4.68 Å². The van der Waals surface area contributed by atoms with Gasteiger partial charge >= 0.3 is 0 Å². The Balaban J connectivity index is 1.82. The molecular weight excluding hydrogens is 390 g/mol. The Bertz CT molecular complexity index is 1170. The van der Waals surface area contributed by atoms with Gasteiger partial charge < -0.3 is 9.84 Å². The summed E-state index contributed by atoms with van der Waals surface area (Å²) in [6, 6.07) is 15.6. The van der Waals surface area contributed by atoms with Gasteiger partial charge in [-0.3, -0.25) is 4.99 Å². The van der Waals surface area contributed by atoms with Crippen LogP contribution in [0.5, 0.6) is 5.75 Å². The number of hydrogen-bond donors (Lipinski definition) is 1. The lowest BCUT2D eigenvalue weighted by Gasteiger charge is -2.05. The van der Waals surface area contributed by atoms with Gasteiger partial charge in [0.2, 0.25) is 4.80 Å². The molecular formula is C21H19N3O2S2. The van der Waals surface area contributed by atoms with E-state index in [1.54, 1.807) is 30.7 Å². The molecule has 0 amide bonds. The predicted molar refractivity (Wildman–Crippen MR) is 117 cm³/mol. The van der Waals surface area contributed by atoms with Crippen molar-refractivity contribution in [3.05, 3.63) is 69.7 Å². The highest BCUT2D eigenvalue weighted by Gasteiger charge is 2.09. The van der Waals surface area contributed by atoms with Gasteiger partial charge in [-0.1, -0.05) is 36.4 Å². The smallest absolute Gasteiger partial charge is 0.206 e. The Morgan fingerprint density at radius 3 is 2.82 bits per heavy atom. The molecule has 0 saturated heterocycles. The molecule has 2 aromatic carbocycles. The van der Waals surface area contributed by atoms with E-state index >= 15 is 0 Å². The van der Waals surface area contributed by atoms with Crippen molar-refractivity contribution in [2.45, 2.75) is 0 Å². The first kappa shape index (κ1) is 18.6. The zero-order valence-corrected chi connectivity index (χ0v) is 16.9. The van der Waals surface area contributed by atoms with Crippen molar-refractivity contribution in [2.24, 2.45) is 10.1 Å². The Morgan fingerprint density at radius 1 is 1.11 bits per heavy atom. The van der Waals surface area contributed by atoms with E-state index < -0.39 is 0 Å². The number of phenolic OH excluding ortho intramolecular Hbond substituents is 1. The van der Waals surface area contributed by atoms with Crippen LogP contribution in [0.3, 0.4) is 0 Å². The zero-order chi connectivity index (χ0) is 19.3. The van der Waals surface area contributed by atoms with Crippen LogP contribution in [0.1, 0.15) is 5.56 Å². The second kappa shape index (κ2) is 8.52. The van der Waals surface area contributed by atoms with E-state index in [1.807, 2.05) is 46.5 Å². The van der Waals surface area contributed by atoms with Crippen LogP contribution in [0.15, 0.2) is 69.4 Å². The maximum atomic E-state index is 10.4. The molecule has 0 aliphatic rings. The van der Waals surface area contributed by atoms with E-state index in [-0.39, 0.29) is 5.75 Å². The van der Waals surface area contributed by atoms with Crippen LogP contribution in [0.2, 0.25) is 0 Å². The van der Waals surface area contributed by atoms with Gasteiger partial charge in [-0.2, -0.15) is 5.10 Å². The van der Waals surface area contributed by atoms with Gasteiger partial charge in [0.05, 0.1) is 29.9 Å². The lowest BCUT2D eigenvalue weighted by molar-refractivity contribution is 0.207. The molecule has 4 aromatic rings. The number of aromatic nitrogens is 1. The minimum absolute atomic E-state index is 0.203. The fourth-order valence-electron chi connectivity index (χ4n) is 2.88. The molecule has 0 fully saturated rings. The molecule has 28 heavy (non-hydrogen) atoms. The molecule has 0 bridgehead atoms. The van der Waals surface area contributed by atoms with Crippen molar-refractivity contribution in [1.29, 1.82) is 0 Å². The number of methoxy groups -OCH3 is 1. The number of nitrogens with zero attached hydrogens (tertiary/aromatic N) is 3. The lowest BCUT2D eigenvalue weighted by atomic mass is 10.0. The van der Waals surface area contributed by atoms with Crippen LogP contribution in [-0.4, -0.2) is 36.3 Å². The van der Waals surface area contributed by atoms with Crippen molar-refractivity contribution in [3.8, 4) is 16.3 Å². The Hall–Kier alpha value is -2.74. The summed E-state index contributed by atoms with van der Waals surface area (Å²) in [6.45, 7) is 1.12. The van der Waals surface area contributed by atoms with E-state index in [1.165, 1.54) is 11.3 Å². The quantitative estimate of drug-likeness (QED) is 0.375. The van der Waals surface area contributed by atoms with Crippen LogP contribution in [0, 0.1) is 0 Å². The molecule has 0 aliphatic heterocycles. The molecule has 7 heteroatoms. The molecule has 142 valence electrons. The number of thiophene rings is 1. The standard InChI is InChI=1S/C21H19N3O2S2/c1-26-11-10-22-21-24(18(14-28-21)20-7-4-12-27-20)23-13-17-16-6-3-2-5-15(16)8-9-19(17)25/h2-9,12-14,25H,10-11H2,1H3. The Kier molecular flexibility index (Phi) is 5.66. The maximum absolute atomic E-state index is 10.4. The van der Waals surface area contributed by atoms with Gasteiger partial charge in [-0.15, -0.1) is 22.7 Å². The Labute approximate surface area is 170 Å². The molecule has 0 aliphatic carbocycles. The minimum Gasteiger partial charge on any atom is -0.507 e. The number of rotatable bonds is 6. The van der Waals surface area contributed by atoms with Crippen LogP contribution in [0.4, 0.5) is 0 Å². The average molecular weight is 410 g/mol. The number of fused-ring (bicyclic) bond motifs is 1. The third-order valence-electron chi connectivity index (χ3n) is 4.25. The van der Waals surface area contributed by atoms with E-state index in [0.717, 1.165) is 26.1 Å². The van der Waals surface area contributed by atoms with Crippen LogP contribution >= 0.6 is 22.7 Å². The van der Waals surface area contributed by atoms with E-state index in [4.69, 9.17) is 9.84 Å². The minimum atomic E-state index is 0.203. The molecule has 2 heterocycles. The molecule has 0 atom stereocenters. The van der Waals surface area contributed by atoms with Gasteiger partial charge in [-0.05, 0) is 28.3 Å². The summed E-state index contributed by atoms with van der Waals surface area (Å²) in [5, 5.41) is 21.2. The maximum Gasteiger partial charge on any atom is 0.206 e. The number of benzene rings is 2. The predicted octanol–water partition coefficient (Wildman–Crippen LogP) is 4.57. The van der Waals surface area contributed by atoms with Crippen LogP contribution in [-0.2, 0) is 4.74 Å². The summed E-state index contributed by atoms with van der Waals surface area (Å²) < 4.78 is 6.93. The van der Waals surface area contributed by atoms with Gasteiger partial charge in [0, 0.05) is 18.1 Å². The van der Waals surface area contributed by atoms with E-state index in [0.29, 0.717) is 18.7 Å². The molecule has 5 nitrogen and oxygen atoms in total. The van der Waals surface area contributed by atoms with E-state index in [9.17, 15) is 5.11 Å². The monoisotopic (exact) mass is 409 g/mol. The number of hydrogen-bond acceptors (Lipinski definition) is 6. The van der Waals surface area contributed by atoms with Crippen molar-refractivity contribution < 1.29 is 9.84 Å². The molecule has 0 unspecified atom stereocenters. The van der Waals surface area contributed by atoms with Crippen molar-refractivity contribution in [2.75, 3.05) is 20.3 Å². The summed E-state index contributed by atoms with van der Waals surface area (Å²) in [5.41, 5.74) is 1.67. The Morgan fingerprint density at radius 2 is 2.00 bits per heavy atom. The fraction of sp³-hybridized carbons (Fsp3) is 0.143. The first-order chi connectivity index (χ1) is 13.8. The molecule has 4 rings (SSSR count). The van der Waals surface area contributed by atoms with Gasteiger partial charge in [0.25, 0.3) is 0 Å². The van der Waals surface area contributed by atoms with Crippen molar-refractivity contribution >= 4 is 39.7 Å². The normalized spacial score (nSPS) is 12.4. The third kappa shape index (κ3) is 3.77. The number of ether oxygens (including phenoxy) is 1. The fourth-order valence-corrected chi connectivity index (χ4v) is 4.54. The molecule has 0 saturated carbocycles. The van der Waals surface area contributed by atoms with Gasteiger partial charge in [0.1, 0.15) is 5.75 Å². The highest BCUT2D eigenvalue weighted by molar-refractivity contribution is 7.14. The second-order valence-electron chi connectivity index (χ2n) is 6.03. The highest BCUT2D eigenvalue weighted by Crippen LogP contribution is 2.27. The first-order valence-electron chi connectivity index (χ1n) is 8.77. The topological polar surface area (TPSA) is 59.1 Å². The van der Waals surface area contributed by atoms with E-state index in [2.05, 4.69) is 16.4 Å². The van der Waals surface area contributed by atoms with Crippen LogP contribution < -0.4 is 4.80 Å². The number of thiazole rings is 1. The summed E-state index contributed by atoms with van der Waals surface area (Å²) in [7, 11) is 1.66. The number of aromatic hydroxyl groups is 1. The highest BCUT2D eigenvalue weighted by atomic mass is 32.1. The molecule has 0 spiro atoms. The molecule has 1 N–H and O–H groups in total. The lowest BCUT2D eigenvalue weighted by Crippen LogP contribution is -2.13. The summed E-state index contributed by atoms with van der Waals surface area (Å²) >= 11 is 3.19. The summed E-state index contributed by atoms with van der Waals surface area (Å²) in [6.07, 6.45) is 1.71. The second-order valence-corrected chi connectivity index (χ2v) is 7.82.